The summed E-state index contributed by atoms with van der Waals surface area (Å²) in [5.74, 6) is 0.566. The molecule has 0 spiro atoms. The number of rotatable bonds is 3. The molecule has 1 amide bonds. The third-order valence-corrected chi connectivity index (χ3v) is 5.66. The van der Waals surface area contributed by atoms with E-state index in [9.17, 15) is 4.79 Å². The molecule has 0 radical (unpaired) electrons. The average molecular weight is 437 g/mol. The summed E-state index contributed by atoms with van der Waals surface area (Å²) in [5.41, 5.74) is 3.13. The molecule has 26 heavy (non-hydrogen) atoms. The Balaban J connectivity index is 1.50. The molecular weight excluding hydrogens is 418 g/mol. The SMILES string of the molecule is O=C(c1cnc(NC2CCc3cc(Br)ccc32)c(Cl)c1)N1CCOCC1. The highest BCUT2D eigenvalue weighted by Gasteiger charge is 2.24. The normalized spacial score (nSPS) is 19.3. The summed E-state index contributed by atoms with van der Waals surface area (Å²) in [6, 6.07) is 8.23. The molecule has 0 saturated carbocycles. The van der Waals surface area contributed by atoms with Gasteiger partial charge in [0, 0.05) is 23.8 Å². The van der Waals surface area contributed by atoms with Crippen LogP contribution >= 0.6 is 27.5 Å². The van der Waals surface area contributed by atoms with Crippen molar-refractivity contribution in [3.05, 3.63) is 56.6 Å². The lowest BCUT2D eigenvalue weighted by atomic mass is 10.1. The van der Waals surface area contributed by atoms with Crippen LogP contribution in [-0.2, 0) is 11.2 Å². The molecule has 0 bridgehead atoms. The van der Waals surface area contributed by atoms with Crippen molar-refractivity contribution in [2.24, 2.45) is 0 Å². The maximum atomic E-state index is 12.6. The zero-order valence-corrected chi connectivity index (χ0v) is 16.5. The number of carbonyl (C=O) groups is 1. The second-order valence-corrected chi connectivity index (χ2v) is 7.86. The molecule has 136 valence electrons. The standard InChI is InChI=1S/C19H19BrClN3O2/c20-14-2-3-15-12(9-14)1-4-17(15)23-18-16(21)10-13(11-22-18)19(25)24-5-7-26-8-6-24/h2-3,9-11,17H,1,4-8H2,(H,22,23). The fourth-order valence-corrected chi connectivity index (χ4v) is 4.14. The molecule has 1 aliphatic heterocycles. The summed E-state index contributed by atoms with van der Waals surface area (Å²) in [5, 5.41) is 3.89. The van der Waals surface area contributed by atoms with E-state index in [0.717, 1.165) is 17.3 Å². The largest absolute Gasteiger partial charge is 0.378 e. The first-order valence-electron chi connectivity index (χ1n) is 8.69. The number of aryl methyl sites for hydroxylation is 1. The van der Waals surface area contributed by atoms with Crippen molar-refractivity contribution < 1.29 is 9.53 Å². The first-order valence-corrected chi connectivity index (χ1v) is 9.86. The fourth-order valence-electron chi connectivity index (χ4n) is 3.51. The molecule has 2 aromatic rings. The number of anilines is 1. The second kappa shape index (κ2) is 7.55. The smallest absolute Gasteiger partial charge is 0.255 e. The summed E-state index contributed by atoms with van der Waals surface area (Å²) < 4.78 is 6.39. The van der Waals surface area contributed by atoms with E-state index in [1.165, 1.54) is 11.1 Å². The molecular formula is C19H19BrClN3O2. The third kappa shape index (κ3) is 3.59. The molecule has 1 aromatic heterocycles. The maximum absolute atomic E-state index is 12.6. The van der Waals surface area contributed by atoms with Crippen molar-refractivity contribution in [1.29, 1.82) is 0 Å². The van der Waals surface area contributed by atoms with E-state index in [-0.39, 0.29) is 11.9 Å². The van der Waals surface area contributed by atoms with Crippen molar-refractivity contribution >= 4 is 39.3 Å². The Bertz CT molecular complexity index is 840. The van der Waals surface area contributed by atoms with Gasteiger partial charge in [-0.05, 0) is 42.2 Å². The molecule has 2 aliphatic rings. The lowest BCUT2D eigenvalue weighted by Gasteiger charge is -2.27. The molecule has 1 fully saturated rings. The minimum absolute atomic E-state index is 0.0506. The predicted molar refractivity (Wildman–Crippen MR) is 105 cm³/mol. The average Bonchev–Trinajstić information content (AvgIpc) is 3.05. The highest BCUT2D eigenvalue weighted by Crippen LogP contribution is 2.36. The monoisotopic (exact) mass is 435 g/mol. The van der Waals surface area contributed by atoms with Gasteiger partial charge in [-0.3, -0.25) is 4.79 Å². The van der Waals surface area contributed by atoms with Crippen LogP contribution in [0.2, 0.25) is 5.02 Å². The van der Waals surface area contributed by atoms with E-state index in [0.29, 0.717) is 42.7 Å². The van der Waals surface area contributed by atoms with Crippen LogP contribution in [0.15, 0.2) is 34.9 Å². The van der Waals surface area contributed by atoms with Crippen LogP contribution in [0.25, 0.3) is 0 Å². The number of amides is 1. The summed E-state index contributed by atoms with van der Waals surface area (Å²) in [6.45, 7) is 2.35. The molecule has 4 rings (SSSR count). The molecule has 1 saturated heterocycles. The summed E-state index contributed by atoms with van der Waals surface area (Å²) in [4.78, 5) is 18.7. The van der Waals surface area contributed by atoms with Crippen LogP contribution in [0.4, 0.5) is 5.82 Å². The quantitative estimate of drug-likeness (QED) is 0.788. The minimum Gasteiger partial charge on any atom is -0.378 e. The molecule has 5 nitrogen and oxygen atoms in total. The summed E-state index contributed by atoms with van der Waals surface area (Å²) >= 11 is 9.94. The van der Waals surface area contributed by atoms with Gasteiger partial charge in [0.2, 0.25) is 0 Å². The van der Waals surface area contributed by atoms with Gasteiger partial charge in [0.15, 0.2) is 0 Å². The van der Waals surface area contributed by atoms with E-state index in [1.807, 2.05) is 0 Å². The number of aromatic nitrogens is 1. The number of pyridine rings is 1. The van der Waals surface area contributed by atoms with Crippen LogP contribution in [0.3, 0.4) is 0 Å². The molecule has 7 heteroatoms. The molecule has 1 aliphatic carbocycles. The Kier molecular flexibility index (Phi) is 5.16. The fraction of sp³-hybridized carbons (Fsp3) is 0.368. The number of nitrogens with zero attached hydrogens (tertiary/aromatic N) is 2. The van der Waals surface area contributed by atoms with Gasteiger partial charge in [-0.15, -0.1) is 0 Å². The van der Waals surface area contributed by atoms with Gasteiger partial charge in [0.05, 0.1) is 29.8 Å². The lowest BCUT2D eigenvalue weighted by molar-refractivity contribution is 0.0302. The summed E-state index contributed by atoms with van der Waals surface area (Å²) in [7, 11) is 0. The number of hydrogen-bond acceptors (Lipinski definition) is 4. The molecule has 1 unspecified atom stereocenters. The number of benzene rings is 1. The van der Waals surface area contributed by atoms with Crippen LogP contribution in [0.5, 0.6) is 0 Å². The van der Waals surface area contributed by atoms with E-state index >= 15 is 0 Å². The molecule has 1 atom stereocenters. The van der Waals surface area contributed by atoms with Crippen molar-refractivity contribution in [1.82, 2.24) is 9.88 Å². The van der Waals surface area contributed by atoms with Gasteiger partial charge in [-0.2, -0.15) is 0 Å². The Labute approximate surface area is 165 Å². The second-order valence-electron chi connectivity index (χ2n) is 6.54. The number of fused-ring (bicyclic) bond motifs is 1. The van der Waals surface area contributed by atoms with Gasteiger partial charge in [0.1, 0.15) is 5.82 Å². The van der Waals surface area contributed by atoms with Crippen molar-refractivity contribution in [3.8, 4) is 0 Å². The van der Waals surface area contributed by atoms with Crippen molar-refractivity contribution in [2.45, 2.75) is 18.9 Å². The molecule has 1 N–H and O–H groups in total. The summed E-state index contributed by atoms with van der Waals surface area (Å²) in [6.07, 6.45) is 3.62. The van der Waals surface area contributed by atoms with E-state index in [1.54, 1.807) is 17.2 Å². The van der Waals surface area contributed by atoms with Gasteiger partial charge in [-0.25, -0.2) is 4.98 Å². The Hall–Kier alpha value is -1.63. The highest BCUT2D eigenvalue weighted by molar-refractivity contribution is 9.10. The number of ether oxygens (including phenoxy) is 1. The van der Waals surface area contributed by atoms with Crippen LogP contribution < -0.4 is 5.32 Å². The molecule has 2 heterocycles. The van der Waals surface area contributed by atoms with Crippen molar-refractivity contribution in [2.75, 3.05) is 31.6 Å². The first-order chi connectivity index (χ1) is 12.6. The first kappa shape index (κ1) is 17.8. The van der Waals surface area contributed by atoms with Crippen LogP contribution in [-0.4, -0.2) is 42.1 Å². The van der Waals surface area contributed by atoms with Crippen molar-refractivity contribution in [3.63, 3.8) is 0 Å². The topological polar surface area (TPSA) is 54.5 Å². The predicted octanol–water partition coefficient (Wildman–Crippen LogP) is 4.07. The third-order valence-electron chi connectivity index (χ3n) is 4.88. The van der Waals surface area contributed by atoms with Crippen LogP contribution in [0.1, 0.15) is 33.9 Å². The Morgan fingerprint density at radius 1 is 1.31 bits per heavy atom. The van der Waals surface area contributed by atoms with E-state index in [4.69, 9.17) is 16.3 Å². The number of halogens is 2. The number of hydrogen-bond donors (Lipinski definition) is 1. The van der Waals surface area contributed by atoms with Gasteiger partial charge < -0.3 is 15.0 Å². The zero-order valence-electron chi connectivity index (χ0n) is 14.2. The van der Waals surface area contributed by atoms with Gasteiger partial charge >= 0.3 is 0 Å². The Morgan fingerprint density at radius 2 is 2.12 bits per heavy atom. The number of morpholine rings is 1. The number of nitrogens with one attached hydrogen (secondary N) is 1. The maximum Gasteiger partial charge on any atom is 0.255 e. The van der Waals surface area contributed by atoms with Gasteiger partial charge in [-0.1, -0.05) is 33.6 Å². The molecule has 1 aromatic carbocycles. The zero-order chi connectivity index (χ0) is 18.1. The van der Waals surface area contributed by atoms with E-state index in [2.05, 4.69) is 44.4 Å². The highest BCUT2D eigenvalue weighted by atomic mass is 79.9. The van der Waals surface area contributed by atoms with Gasteiger partial charge in [0.25, 0.3) is 5.91 Å². The minimum atomic E-state index is -0.0506. The van der Waals surface area contributed by atoms with Crippen LogP contribution in [0, 0.1) is 0 Å². The van der Waals surface area contributed by atoms with E-state index < -0.39 is 0 Å². The lowest BCUT2D eigenvalue weighted by Crippen LogP contribution is -2.40. The Morgan fingerprint density at radius 3 is 2.88 bits per heavy atom. The number of carbonyl (C=O) groups excluding carboxylic acids is 1.